The third-order valence-electron chi connectivity index (χ3n) is 7.36. The van der Waals surface area contributed by atoms with Crippen molar-refractivity contribution in [3.05, 3.63) is 59.2 Å². The molecule has 7 nitrogen and oxygen atoms in total. The molecule has 37 heavy (non-hydrogen) atoms. The van der Waals surface area contributed by atoms with Gasteiger partial charge in [0.25, 0.3) is 0 Å². The molecule has 0 heterocycles. The summed E-state index contributed by atoms with van der Waals surface area (Å²) in [5.74, 6) is 1.17. The topological polar surface area (TPSA) is 88.1 Å². The van der Waals surface area contributed by atoms with Crippen molar-refractivity contribution in [2.45, 2.75) is 83.2 Å². The Kier molecular flexibility index (Phi) is 8.95. The number of nitrogens with zero attached hydrogens (tertiary/aromatic N) is 1. The molecule has 2 fully saturated rings. The van der Waals surface area contributed by atoms with Crippen molar-refractivity contribution in [2.24, 2.45) is 0 Å². The van der Waals surface area contributed by atoms with E-state index >= 15 is 0 Å². The van der Waals surface area contributed by atoms with Crippen LogP contribution in [0.2, 0.25) is 0 Å². The van der Waals surface area contributed by atoms with Crippen molar-refractivity contribution in [1.82, 2.24) is 10.2 Å². The summed E-state index contributed by atoms with van der Waals surface area (Å²) in [4.78, 5) is 27.1. The number of ether oxygens (including phenoxy) is 2. The van der Waals surface area contributed by atoms with Gasteiger partial charge in [0, 0.05) is 18.7 Å². The number of carboxylic acids is 1. The van der Waals surface area contributed by atoms with Crippen molar-refractivity contribution in [3.8, 4) is 11.5 Å². The summed E-state index contributed by atoms with van der Waals surface area (Å²) >= 11 is 0. The molecule has 2 N–H and O–H groups in total. The van der Waals surface area contributed by atoms with Gasteiger partial charge in [-0.05, 0) is 94.4 Å². The first-order valence-electron chi connectivity index (χ1n) is 13.7. The molecule has 0 radical (unpaired) electrons. The Balaban J connectivity index is 1.52. The van der Waals surface area contributed by atoms with Gasteiger partial charge in [0.15, 0.2) is 0 Å². The Morgan fingerprint density at radius 2 is 1.65 bits per heavy atom. The zero-order valence-corrected chi connectivity index (χ0v) is 22.1. The van der Waals surface area contributed by atoms with E-state index in [0.29, 0.717) is 45.1 Å². The van der Waals surface area contributed by atoms with Crippen molar-refractivity contribution in [3.63, 3.8) is 0 Å². The number of amides is 2. The highest BCUT2D eigenvalue weighted by molar-refractivity contribution is 5.87. The fourth-order valence-electron chi connectivity index (χ4n) is 5.03. The van der Waals surface area contributed by atoms with Gasteiger partial charge in [-0.1, -0.05) is 30.3 Å². The predicted octanol–water partition coefficient (Wildman–Crippen LogP) is 5.90. The van der Waals surface area contributed by atoms with E-state index in [1.165, 1.54) is 5.56 Å². The Morgan fingerprint density at radius 1 is 1.00 bits per heavy atom. The second kappa shape index (κ2) is 12.3. The van der Waals surface area contributed by atoms with Crippen molar-refractivity contribution in [2.75, 3.05) is 19.8 Å². The van der Waals surface area contributed by atoms with Crippen LogP contribution in [0.5, 0.6) is 11.5 Å². The molecule has 200 valence electrons. The normalized spacial score (nSPS) is 15.9. The second-order valence-corrected chi connectivity index (χ2v) is 10.2. The van der Waals surface area contributed by atoms with Crippen molar-refractivity contribution < 1.29 is 24.2 Å². The first-order valence-corrected chi connectivity index (χ1v) is 13.7. The number of aryl methyl sites for hydroxylation is 1. The summed E-state index contributed by atoms with van der Waals surface area (Å²) in [6.07, 6.45) is 6.70. The number of carboxylic acid groups (broad SMARTS) is 1. The van der Waals surface area contributed by atoms with Gasteiger partial charge in [-0.25, -0.2) is 9.59 Å². The third-order valence-corrected chi connectivity index (χ3v) is 7.36. The Morgan fingerprint density at radius 3 is 2.16 bits per heavy atom. The van der Waals surface area contributed by atoms with Crippen LogP contribution < -0.4 is 14.8 Å². The number of benzene rings is 2. The second-order valence-electron chi connectivity index (χ2n) is 10.2. The molecule has 2 aliphatic carbocycles. The number of aliphatic carboxylic acids is 1. The summed E-state index contributed by atoms with van der Waals surface area (Å²) in [5, 5.41) is 12.6. The lowest BCUT2D eigenvalue weighted by atomic mass is 9.77. The Labute approximate surface area is 220 Å². The van der Waals surface area contributed by atoms with Crippen LogP contribution in [0.1, 0.15) is 81.4 Å². The molecule has 2 aliphatic rings. The smallest absolute Gasteiger partial charge is 0.329 e. The molecule has 0 aromatic heterocycles. The first-order chi connectivity index (χ1) is 18.0. The van der Waals surface area contributed by atoms with Gasteiger partial charge >= 0.3 is 12.0 Å². The van der Waals surface area contributed by atoms with Crippen LogP contribution in [-0.4, -0.2) is 47.3 Å². The van der Waals surface area contributed by atoms with Crippen LogP contribution in [-0.2, 0) is 17.8 Å². The quantitative estimate of drug-likeness (QED) is 0.310. The lowest BCUT2D eigenvalue weighted by Crippen LogP contribution is -2.61. The van der Waals surface area contributed by atoms with E-state index in [1.54, 1.807) is 4.90 Å². The van der Waals surface area contributed by atoms with Crippen LogP contribution in [0.15, 0.2) is 42.5 Å². The molecule has 2 aromatic carbocycles. The fourth-order valence-corrected chi connectivity index (χ4v) is 5.03. The molecule has 0 saturated heterocycles. The maximum atomic E-state index is 13.4. The van der Waals surface area contributed by atoms with Gasteiger partial charge in [-0.2, -0.15) is 0 Å². The number of urea groups is 1. The molecular formula is C30H40N2O5. The van der Waals surface area contributed by atoms with Crippen LogP contribution in [0.4, 0.5) is 4.79 Å². The fraction of sp³-hybridized carbons (Fsp3) is 0.533. The predicted molar refractivity (Wildman–Crippen MR) is 143 cm³/mol. The van der Waals surface area contributed by atoms with E-state index in [0.717, 1.165) is 61.2 Å². The zero-order valence-electron chi connectivity index (χ0n) is 22.1. The van der Waals surface area contributed by atoms with Crippen molar-refractivity contribution >= 4 is 12.0 Å². The van der Waals surface area contributed by atoms with Gasteiger partial charge in [0.2, 0.25) is 0 Å². The molecule has 0 unspecified atom stereocenters. The number of hydrogen-bond acceptors (Lipinski definition) is 4. The summed E-state index contributed by atoms with van der Waals surface area (Å²) in [6.45, 7) is 5.95. The van der Waals surface area contributed by atoms with Gasteiger partial charge in [0.05, 0.1) is 13.2 Å². The van der Waals surface area contributed by atoms with Gasteiger partial charge in [0.1, 0.15) is 17.0 Å². The van der Waals surface area contributed by atoms with Gasteiger partial charge in [-0.15, -0.1) is 0 Å². The maximum Gasteiger partial charge on any atom is 0.329 e. The van der Waals surface area contributed by atoms with Crippen LogP contribution in [0.3, 0.4) is 0 Å². The molecular weight excluding hydrogens is 468 g/mol. The van der Waals surface area contributed by atoms with Crippen LogP contribution >= 0.6 is 0 Å². The minimum atomic E-state index is -1.15. The SMILES string of the molecule is CCOc1cc(CN(CCCCc2ccccc2)C(=O)NC2(C(=O)O)CCC2)cc(OCC)c1C1CC1. The molecule has 7 heteroatoms. The monoisotopic (exact) mass is 508 g/mol. The highest BCUT2D eigenvalue weighted by Gasteiger charge is 2.46. The van der Waals surface area contributed by atoms with Crippen LogP contribution in [0.25, 0.3) is 0 Å². The summed E-state index contributed by atoms with van der Waals surface area (Å²) in [5.41, 5.74) is 2.18. The maximum absolute atomic E-state index is 13.4. The molecule has 4 rings (SSSR count). The molecule has 2 aromatic rings. The number of nitrogens with one attached hydrogen (secondary N) is 1. The molecule has 0 aliphatic heterocycles. The lowest BCUT2D eigenvalue weighted by molar-refractivity contribution is -0.148. The lowest BCUT2D eigenvalue weighted by Gasteiger charge is -2.39. The van der Waals surface area contributed by atoms with E-state index in [2.05, 4.69) is 17.4 Å². The van der Waals surface area contributed by atoms with Gasteiger partial charge < -0.3 is 24.8 Å². The molecule has 0 spiro atoms. The molecule has 2 saturated carbocycles. The number of rotatable bonds is 14. The van der Waals surface area contributed by atoms with E-state index in [9.17, 15) is 14.7 Å². The molecule has 0 atom stereocenters. The number of unbranched alkanes of at least 4 members (excludes halogenated alkanes) is 1. The van der Waals surface area contributed by atoms with Crippen molar-refractivity contribution in [1.29, 1.82) is 0 Å². The first kappa shape index (κ1) is 26.8. The minimum absolute atomic E-state index is 0.330. The average molecular weight is 509 g/mol. The highest BCUT2D eigenvalue weighted by Crippen LogP contribution is 2.49. The number of carbonyl (C=O) groups is 2. The van der Waals surface area contributed by atoms with E-state index in [-0.39, 0.29) is 6.03 Å². The van der Waals surface area contributed by atoms with E-state index in [4.69, 9.17) is 9.47 Å². The number of hydrogen-bond donors (Lipinski definition) is 2. The summed E-state index contributed by atoms with van der Waals surface area (Å²) in [7, 11) is 0. The van der Waals surface area contributed by atoms with Gasteiger partial charge in [-0.3, -0.25) is 0 Å². The Hall–Kier alpha value is -3.22. The molecule has 0 bridgehead atoms. The largest absolute Gasteiger partial charge is 0.493 e. The molecule has 2 amide bonds. The summed E-state index contributed by atoms with van der Waals surface area (Å²) in [6, 6.07) is 14.0. The van der Waals surface area contributed by atoms with Crippen LogP contribution in [0, 0.1) is 0 Å². The van der Waals surface area contributed by atoms with E-state index < -0.39 is 11.5 Å². The summed E-state index contributed by atoms with van der Waals surface area (Å²) < 4.78 is 12.0. The number of carbonyl (C=O) groups excluding carboxylic acids is 1. The highest BCUT2D eigenvalue weighted by atomic mass is 16.5. The zero-order chi connectivity index (χ0) is 26.3. The Bertz CT molecular complexity index is 1040. The average Bonchev–Trinajstić information content (AvgIpc) is 3.69. The minimum Gasteiger partial charge on any atom is -0.493 e. The third kappa shape index (κ3) is 6.76. The standard InChI is InChI=1S/C30H40N2O5/c1-3-36-25-19-23(20-26(37-4-2)27(25)24-14-15-24)21-32(18-9-8-13-22-11-6-5-7-12-22)29(35)31-30(28(33)34)16-10-17-30/h5-7,11-12,19-20,24H,3-4,8-10,13-18,21H2,1-2H3,(H,31,35)(H,33,34). The van der Waals surface area contributed by atoms with E-state index in [1.807, 2.05) is 44.2 Å².